The molecule has 7 heterocycles. The summed E-state index contributed by atoms with van der Waals surface area (Å²) in [6.07, 6.45) is -29.8. The Kier molecular flexibility index (Phi) is 17.9. The van der Waals surface area contributed by atoms with Gasteiger partial charge in [0.25, 0.3) is 0 Å². The molecule has 0 aromatic heterocycles. The molecule has 1 unspecified atom stereocenters. The third-order valence-corrected chi connectivity index (χ3v) is 21.7. The van der Waals surface area contributed by atoms with Gasteiger partial charge in [-0.25, -0.2) is 0 Å². The summed E-state index contributed by atoms with van der Waals surface area (Å²) < 4.78 is 74.8. The number of aliphatic hydroxyl groups excluding tert-OH is 13. The molecule has 7 aliphatic heterocycles. The lowest BCUT2D eigenvalue weighted by Gasteiger charge is -2.61. The number of hydrogen-bond acceptors (Lipinski definition) is 25. The molecular formula is C55H90O25. The second-order valence-electron chi connectivity index (χ2n) is 26.2. The molecule has 25 heteroatoms. The van der Waals surface area contributed by atoms with Crippen LogP contribution < -0.4 is 0 Å². The van der Waals surface area contributed by atoms with E-state index in [1.165, 1.54) is 6.92 Å². The van der Waals surface area contributed by atoms with Crippen molar-refractivity contribution >= 4 is 0 Å². The van der Waals surface area contributed by atoms with Crippen molar-refractivity contribution in [1.29, 1.82) is 0 Å². The minimum absolute atomic E-state index is 0.0136. The van der Waals surface area contributed by atoms with E-state index in [9.17, 15) is 66.4 Å². The molecule has 0 aromatic rings. The summed E-state index contributed by atoms with van der Waals surface area (Å²) >= 11 is 0. The molecule has 11 aliphatic rings. The van der Waals surface area contributed by atoms with Crippen molar-refractivity contribution in [2.24, 2.45) is 52.3 Å². The maximum atomic E-state index is 12.6. The Morgan fingerprint density at radius 2 is 1.07 bits per heavy atom. The van der Waals surface area contributed by atoms with Crippen LogP contribution in [0.3, 0.4) is 0 Å². The van der Waals surface area contributed by atoms with Crippen molar-refractivity contribution in [3.05, 3.63) is 0 Å². The second kappa shape index (κ2) is 23.6. The van der Waals surface area contributed by atoms with Crippen LogP contribution >= 0.6 is 0 Å². The van der Waals surface area contributed by atoms with Crippen LogP contribution in [0.5, 0.6) is 0 Å². The Labute approximate surface area is 465 Å². The van der Waals surface area contributed by atoms with Crippen molar-refractivity contribution in [3.63, 3.8) is 0 Å². The molecule has 13 N–H and O–H groups in total. The highest BCUT2D eigenvalue weighted by molar-refractivity contribution is 5.16. The van der Waals surface area contributed by atoms with E-state index in [1.54, 1.807) is 0 Å². The van der Waals surface area contributed by atoms with Gasteiger partial charge in [-0.3, -0.25) is 0 Å². The van der Waals surface area contributed by atoms with Gasteiger partial charge >= 0.3 is 0 Å². The fourth-order valence-electron chi connectivity index (χ4n) is 17.0. The molecule has 1 spiro atoms. The number of fused-ring (bicyclic) bond motifs is 7. The Hall–Kier alpha value is -1.00. The molecular weight excluding hydrogens is 1060 g/mol. The normalized spacial score (nSPS) is 58.1. The minimum atomic E-state index is -1.93. The first kappa shape index (κ1) is 60.7. The summed E-state index contributed by atoms with van der Waals surface area (Å²) in [7, 11) is 0. The molecule has 4 saturated carbocycles. The predicted molar refractivity (Wildman–Crippen MR) is 267 cm³/mol. The fourth-order valence-corrected chi connectivity index (χ4v) is 17.0. The van der Waals surface area contributed by atoms with Gasteiger partial charge in [-0.1, -0.05) is 27.7 Å². The standard InChI is InChI=1S/C55H90O25/c1-21-8-13-55(71-18-21)22(2)34-31(80-55)15-28-26-7-6-24-14-25(9-11-53(24,4)27(26)10-12-54(28,34)5)73-51-46(78-50-42(67)39(64)35(60)23(3)72-50)43(68)44(33(17-57)75-51)76-52-47(79-49-41(66)37(62)30(59)20-70-49)45(38(63)32(16-56)74-52)77-48-40(65)36(61)29(58)19-69-48/h21-52,56-68H,6-20H2,1-5H3/t21-,22-,23-,24?,25-,26+,27-,28-,29+,30-,31-,32+,33+,34-,35-,36-,37-,38+,39+,40+,41+,42+,43-,44-,45-,46+,47+,48-,49-,50-,51+,52-,53-,54-,55+/m0/s1. The molecule has 460 valence electrons. The van der Waals surface area contributed by atoms with Crippen LogP contribution in [-0.4, -0.2) is 259 Å². The van der Waals surface area contributed by atoms with Crippen LogP contribution in [0.4, 0.5) is 0 Å². The molecule has 25 nitrogen and oxygen atoms in total. The molecule has 35 atom stereocenters. The Bertz CT molecular complexity index is 2080. The highest BCUT2D eigenvalue weighted by Crippen LogP contribution is 2.71. The number of hydrogen-bond donors (Lipinski definition) is 13. The summed E-state index contributed by atoms with van der Waals surface area (Å²) in [6.45, 7) is 8.99. The Morgan fingerprint density at radius 3 is 1.73 bits per heavy atom. The fraction of sp³-hybridized carbons (Fsp3) is 1.00. The topological polar surface area (TPSA) is 374 Å². The average molecular weight is 1150 g/mol. The van der Waals surface area contributed by atoms with Gasteiger partial charge < -0.3 is 123 Å². The first-order valence-corrected chi connectivity index (χ1v) is 29.5. The van der Waals surface area contributed by atoms with Crippen molar-refractivity contribution < 1.29 is 123 Å². The van der Waals surface area contributed by atoms with E-state index in [-0.39, 0.29) is 22.9 Å². The highest BCUT2D eigenvalue weighted by atomic mass is 16.8. The van der Waals surface area contributed by atoms with Crippen LogP contribution in [0, 0.1) is 52.3 Å². The van der Waals surface area contributed by atoms with Gasteiger partial charge in [0.05, 0.1) is 51.3 Å². The SMILES string of the molecule is C[C@H]1CC[C@@]2(OC1)O[C@H]1C[C@H]3[C@@H]4CCC5C[C@@H](O[C@@H]6O[C@H](CO)[C@H](O[C@@H]7O[C@H](CO)[C@@H](O)[C@H](O[C@@H]8OC[C@@H](O)[C@H](O)[C@H]8O)[C@H]7O[C@@H]7OC[C@H](O)[C@H](O)[C@H]7O)[C@H](O)[C@H]6O[C@@H]6O[C@@H](C)[C@H](O)[C@@H](O)[C@H]6O)CC[C@]5(C)[C@H]4CC[C@]3(C)[C@H]1[C@@H]2C. The van der Waals surface area contributed by atoms with Gasteiger partial charge in [0.1, 0.15) is 104 Å². The summed E-state index contributed by atoms with van der Waals surface area (Å²) in [5, 5.41) is 142. The van der Waals surface area contributed by atoms with E-state index >= 15 is 0 Å². The van der Waals surface area contributed by atoms with Crippen molar-refractivity contribution in [1.82, 2.24) is 0 Å². The molecule has 0 aromatic carbocycles. The third kappa shape index (κ3) is 10.6. The lowest BCUT2D eigenvalue weighted by molar-refractivity contribution is -0.408. The highest BCUT2D eigenvalue weighted by Gasteiger charge is 2.69. The maximum Gasteiger partial charge on any atom is 0.187 e. The quantitative estimate of drug-likeness (QED) is 0.0879. The van der Waals surface area contributed by atoms with E-state index in [4.69, 9.17) is 56.8 Å². The van der Waals surface area contributed by atoms with Crippen molar-refractivity contribution in [2.75, 3.05) is 33.0 Å². The van der Waals surface area contributed by atoms with E-state index < -0.39 is 180 Å². The van der Waals surface area contributed by atoms with Crippen molar-refractivity contribution in [3.8, 4) is 0 Å². The minimum Gasteiger partial charge on any atom is -0.394 e. The van der Waals surface area contributed by atoms with Gasteiger partial charge in [-0.2, -0.15) is 0 Å². The summed E-state index contributed by atoms with van der Waals surface area (Å²) in [5.41, 5.74) is 0.170. The molecule has 7 saturated heterocycles. The largest absolute Gasteiger partial charge is 0.394 e. The number of aliphatic hydroxyl groups is 13. The monoisotopic (exact) mass is 1150 g/mol. The van der Waals surface area contributed by atoms with Crippen LogP contribution in [0.25, 0.3) is 0 Å². The summed E-state index contributed by atoms with van der Waals surface area (Å²) in [5.74, 6) is 2.69. The third-order valence-electron chi connectivity index (χ3n) is 21.7. The zero-order valence-electron chi connectivity index (χ0n) is 46.3. The first-order chi connectivity index (χ1) is 38.0. The molecule has 80 heavy (non-hydrogen) atoms. The van der Waals surface area contributed by atoms with Crippen LogP contribution in [0.15, 0.2) is 0 Å². The second-order valence-corrected chi connectivity index (χ2v) is 26.2. The lowest BCUT2D eigenvalue weighted by atomic mass is 9.44. The lowest BCUT2D eigenvalue weighted by Crippen LogP contribution is -2.68. The van der Waals surface area contributed by atoms with E-state index in [0.29, 0.717) is 48.3 Å². The van der Waals surface area contributed by atoms with Gasteiger partial charge in [0, 0.05) is 12.3 Å². The molecule has 4 aliphatic carbocycles. The summed E-state index contributed by atoms with van der Waals surface area (Å²) in [4.78, 5) is 0. The Morgan fingerprint density at radius 1 is 0.475 bits per heavy atom. The first-order valence-electron chi connectivity index (χ1n) is 29.5. The van der Waals surface area contributed by atoms with Gasteiger partial charge in [-0.05, 0) is 111 Å². The van der Waals surface area contributed by atoms with Gasteiger partial charge in [0.2, 0.25) is 0 Å². The summed E-state index contributed by atoms with van der Waals surface area (Å²) in [6, 6.07) is 0. The zero-order chi connectivity index (χ0) is 57.1. The average Bonchev–Trinajstić information content (AvgIpc) is 4.13. The maximum absolute atomic E-state index is 12.6. The van der Waals surface area contributed by atoms with E-state index in [1.807, 2.05) is 0 Å². The predicted octanol–water partition coefficient (Wildman–Crippen LogP) is -2.78. The van der Waals surface area contributed by atoms with E-state index in [0.717, 1.165) is 58.0 Å². The van der Waals surface area contributed by atoms with Crippen LogP contribution in [0.2, 0.25) is 0 Å². The Balaban J connectivity index is 0.830. The molecule has 11 rings (SSSR count). The molecule has 0 radical (unpaired) electrons. The van der Waals surface area contributed by atoms with Gasteiger partial charge in [-0.15, -0.1) is 0 Å². The zero-order valence-corrected chi connectivity index (χ0v) is 46.3. The van der Waals surface area contributed by atoms with E-state index in [2.05, 4.69) is 27.7 Å². The molecule has 0 bridgehead atoms. The number of rotatable bonds is 12. The van der Waals surface area contributed by atoms with Crippen LogP contribution in [-0.2, 0) is 56.8 Å². The van der Waals surface area contributed by atoms with Crippen LogP contribution in [0.1, 0.15) is 98.8 Å². The smallest absolute Gasteiger partial charge is 0.187 e. The van der Waals surface area contributed by atoms with Crippen molar-refractivity contribution in [2.45, 2.75) is 258 Å². The van der Waals surface area contributed by atoms with Gasteiger partial charge in [0.15, 0.2) is 37.2 Å². The molecule has 0 amide bonds. The number of ether oxygens (including phenoxy) is 12. The molecule has 11 fully saturated rings.